The smallest absolute Gasteiger partial charge is 0.305 e. The Labute approximate surface area is 517 Å². The molecule has 0 bridgehead atoms. The number of benzene rings is 1. The van der Waals surface area contributed by atoms with E-state index in [0.717, 1.165) is 6.92 Å². The predicted octanol–water partition coefficient (Wildman–Crippen LogP) is -5.25. The summed E-state index contributed by atoms with van der Waals surface area (Å²) in [6.45, 7) is 6.57. The second-order valence-electron chi connectivity index (χ2n) is 22.4. The van der Waals surface area contributed by atoms with E-state index < -0.39 is 219 Å². The van der Waals surface area contributed by atoms with E-state index in [1.54, 1.807) is 58.0 Å². The molecule has 0 unspecified atom stereocenters. The fourth-order valence-electron chi connectivity index (χ4n) is 8.90. The number of amides is 12. The number of aliphatic hydroxyl groups is 1. The van der Waals surface area contributed by atoms with E-state index >= 15 is 0 Å². The van der Waals surface area contributed by atoms with Crippen molar-refractivity contribution in [3.8, 4) is 0 Å². The number of aliphatic hydroxyl groups excluding tert-OH is 1. The fourth-order valence-corrected chi connectivity index (χ4v) is 8.90. The molecule has 2 rings (SSSR count). The zero-order chi connectivity index (χ0) is 67.9. The van der Waals surface area contributed by atoms with Crippen LogP contribution < -0.4 is 70.0 Å². The van der Waals surface area contributed by atoms with Crippen molar-refractivity contribution >= 4 is 94.8 Å². The van der Waals surface area contributed by atoms with Crippen molar-refractivity contribution in [2.45, 2.75) is 191 Å². The number of carbonyl (C=O) groups excluding carboxylic acids is 12. The second kappa shape index (κ2) is 38.8. The molecule has 1 fully saturated rings. The van der Waals surface area contributed by atoms with Crippen LogP contribution in [0.25, 0.3) is 0 Å². The van der Waals surface area contributed by atoms with Crippen LogP contribution >= 0.6 is 0 Å². The first-order valence-corrected chi connectivity index (χ1v) is 29.1. The van der Waals surface area contributed by atoms with Gasteiger partial charge in [0, 0.05) is 32.2 Å². The topological polar surface area (TPSA) is 559 Å². The molecule has 12 amide bonds. The van der Waals surface area contributed by atoms with Crippen LogP contribution in [0, 0.1) is 11.8 Å². The van der Waals surface area contributed by atoms with Gasteiger partial charge >= 0.3 is 23.9 Å². The highest BCUT2D eigenvalue weighted by Gasteiger charge is 2.37. The molecule has 34 heteroatoms. The Morgan fingerprint density at radius 2 is 1.01 bits per heavy atom. The summed E-state index contributed by atoms with van der Waals surface area (Å²) < 4.78 is 0. The number of nitrogens with one attached hydrogen (secondary N) is 11. The maximum atomic E-state index is 14.1. The van der Waals surface area contributed by atoms with Gasteiger partial charge in [0.25, 0.3) is 0 Å². The monoisotopic (exact) mass is 1280 g/mol. The lowest BCUT2D eigenvalue weighted by atomic mass is 10.0. The van der Waals surface area contributed by atoms with Crippen LogP contribution in [0.15, 0.2) is 30.3 Å². The van der Waals surface area contributed by atoms with Crippen LogP contribution in [0.2, 0.25) is 0 Å². The molecule has 1 aliphatic heterocycles. The average Bonchev–Trinajstić information content (AvgIpc) is 1.62. The number of hydrogen-bond donors (Lipinski definition) is 18. The van der Waals surface area contributed by atoms with E-state index in [4.69, 9.17) is 11.5 Å². The van der Waals surface area contributed by atoms with Gasteiger partial charge in [0.1, 0.15) is 54.4 Å². The van der Waals surface area contributed by atoms with Crippen LogP contribution in [0.4, 0.5) is 0 Å². The zero-order valence-corrected chi connectivity index (χ0v) is 50.6. The van der Waals surface area contributed by atoms with E-state index in [9.17, 15) is 102 Å². The third-order valence-corrected chi connectivity index (χ3v) is 13.6. The maximum Gasteiger partial charge on any atom is 0.305 e. The van der Waals surface area contributed by atoms with Gasteiger partial charge in [0.2, 0.25) is 70.9 Å². The number of primary amides is 1. The summed E-state index contributed by atoms with van der Waals surface area (Å²) in [5.41, 5.74) is 12.3. The Morgan fingerprint density at radius 1 is 0.533 bits per heavy atom. The number of carboxylic acids is 4. The molecule has 1 saturated heterocycles. The summed E-state index contributed by atoms with van der Waals surface area (Å²) >= 11 is 0. The Bertz CT molecular complexity index is 2730. The number of aliphatic carboxylic acids is 4. The summed E-state index contributed by atoms with van der Waals surface area (Å²) in [6.07, 6.45) is -8.67. The Balaban J connectivity index is 2.73. The van der Waals surface area contributed by atoms with Crippen molar-refractivity contribution in [1.29, 1.82) is 0 Å². The summed E-state index contributed by atoms with van der Waals surface area (Å²) in [6, 6.07) is -8.76. The van der Waals surface area contributed by atoms with E-state index in [0.29, 0.717) is 5.56 Å². The summed E-state index contributed by atoms with van der Waals surface area (Å²) in [5, 5.41) is 74.3. The number of rotatable bonds is 24. The van der Waals surface area contributed by atoms with Gasteiger partial charge in [-0.25, -0.2) is 0 Å². The maximum absolute atomic E-state index is 14.1. The molecule has 20 N–H and O–H groups in total. The van der Waals surface area contributed by atoms with Gasteiger partial charge in [-0.15, -0.1) is 0 Å². The van der Waals surface area contributed by atoms with Gasteiger partial charge in [-0.2, -0.15) is 0 Å². The first-order valence-electron chi connectivity index (χ1n) is 29.1. The SMILES string of the molecule is CC(C)C[C@H](NC(=O)[C@H](Cc1ccccc1)NC(=O)C[C@@H]1NC(=O)[C@H](CCC(=O)O)NC(=O)CNC(=O)[C@H]([C@@H](C)O)NC(=O)[C@H](CCC(=O)O)NC(=O)[C@H](CCC(=O)O)NC(=O)[C@H](CC(=O)O)NC(=O)[C@H](CC(C)C)NC(=O)[C@@H](N)CCCCNC1=O)C(N)=O. The van der Waals surface area contributed by atoms with Crippen LogP contribution in [-0.2, 0) is 83.1 Å². The minimum absolute atomic E-state index is 0.0648. The van der Waals surface area contributed by atoms with Gasteiger partial charge in [0.05, 0.1) is 31.5 Å². The molecule has 500 valence electrons. The summed E-state index contributed by atoms with van der Waals surface area (Å²) in [5.74, 6) is -20.3. The van der Waals surface area contributed by atoms with Crippen molar-refractivity contribution in [2.75, 3.05) is 13.1 Å². The highest BCUT2D eigenvalue weighted by Crippen LogP contribution is 2.13. The first kappa shape index (κ1) is 76.8. The minimum atomic E-state index is -2.03. The number of carboxylic acid groups (broad SMARTS) is 4. The van der Waals surface area contributed by atoms with Crippen LogP contribution in [0.5, 0.6) is 0 Å². The van der Waals surface area contributed by atoms with Gasteiger partial charge in [-0.05, 0) is 75.7 Å². The molecular formula is C56H85N13O21. The van der Waals surface area contributed by atoms with E-state index in [1.165, 1.54) is 0 Å². The molecule has 34 nitrogen and oxygen atoms in total. The third kappa shape index (κ3) is 29.6. The van der Waals surface area contributed by atoms with Crippen molar-refractivity contribution in [1.82, 2.24) is 58.5 Å². The predicted molar refractivity (Wildman–Crippen MR) is 313 cm³/mol. The molecule has 1 aromatic carbocycles. The summed E-state index contributed by atoms with van der Waals surface area (Å²) in [7, 11) is 0. The fraction of sp³-hybridized carbons (Fsp3) is 0.607. The first-order chi connectivity index (χ1) is 42.2. The molecule has 90 heavy (non-hydrogen) atoms. The molecule has 0 aromatic heterocycles. The number of carbonyl (C=O) groups is 16. The van der Waals surface area contributed by atoms with Gasteiger partial charge in [0.15, 0.2) is 0 Å². The van der Waals surface area contributed by atoms with E-state index in [-0.39, 0.29) is 56.9 Å². The Hall–Kier alpha value is -9.34. The van der Waals surface area contributed by atoms with Gasteiger partial charge in [-0.3, -0.25) is 76.7 Å². The van der Waals surface area contributed by atoms with Gasteiger partial charge in [-0.1, -0.05) is 58.0 Å². The molecular weight excluding hydrogens is 1190 g/mol. The standard InChI is InChI=1S/C56H85N13O21/c1-27(2)21-35(47(58)81)65-54(88)37(23-30-11-7-6-8-12-30)62-40(71)24-38-49(83)59-20-10-9-13-31(57)48(82)66-36(22-28(3)4)53(87)68-39(25-45(79)80)55(89)64-33(15-18-43(75)76)51(85)63-34(16-19-44(77)78)52(86)69-46(29(5)70)56(90)60-26-41(72)61-32(50(84)67-38)14-17-42(73)74/h6-8,11-12,27-29,31-39,46,70H,9-10,13-26,57H2,1-5H3,(H2,58,81)(H,59,83)(H,60,90)(H,61,72)(H,62,71)(H,63,85)(H,64,89)(H,65,88)(H,66,82)(H,67,84)(H,68,87)(H,69,86)(H,73,74)(H,75,76)(H,77,78)(H,79,80)/t29-,31+,32+,33+,34+,35+,36+,37+,38+,39+,46+/m1/s1. The molecule has 11 atom stereocenters. The Kier molecular flexibility index (Phi) is 33.1. The lowest BCUT2D eigenvalue weighted by Gasteiger charge is -2.27. The highest BCUT2D eigenvalue weighted by molar-refractivity contribution is 6.00. The van der Waals surface area contributed by atoms with E-state index in [2.05, 4.69) is 58.5 Å². The molecule has 1 aromatic rings. The molecule has 0 radical (unpaired) electrons. The van der Waals surface area contributed by atoms with Crippen molar-refractivity contribution in [3.63, 3.8) is 0 Å². The normalized spacial score (nSPS) is 22.9. The quantitative estimate of drug-likeness (QED) is 0.0460. The van der Waals surface area contributed by atoms with E-state index in [1.807, 2.05) is 0 Å². The average molecular weight is 1280 g/mol. The lowest BCUT2D eigenvalue weighted by molar-refractivity contribution is -0.142. The molecule has 1 heterocycles. The third-order valence-electron chi connectivity index (χ3n) is 13.6. The molecule has 1 aliphatic rings. The van der Waals surface area contributed by atoms with Gasteiger partial charge < -0.3 is 95.5 Å². The van der Waals surface area contributed by atoms with Crippen molar-refractivity contribution in [2.24, 2.45) is 23.3 Å². The van der Waals surface area contributed by atoms with Crippen LogP contribution in [0.1, 0.15) is 124 Å². The van der Waals surface area contributed by atoms with Crippen LogP contribution in [0.3, 0.4) is 0 Å². The van der Waals surface area contributed by atoms with Crippen LogP contribution in [-0.4, -0.2) is 200 Å². The summed E-state index contributed by atoms with van der Waals surface area (Å²) in [4.78, 5) is 212. The highest BCUT2D eigenvalue weighted by atomic mass is 16.4. The largest absolute Gasteiger partial charge is 0.481 e. The molecule has 0 aliphatic carbocycles. The second-order valence-corrected chi connectivity index (χ2v) is 22.4. The molecule has 0 spiro atoms. The minimum Gasteiger partial charge on any atom is -0.481 e. The van der Waals surface area contributed by atoms with Crippen molar-refractivity contribution in [3.05, 3.63) is 35.9 Å². The number of nitrogens with two attached hydrogens (primary N) is 2. The lowest BCUT2D eigenvalue weighted by Crippen LogP contribution is -2.61. The number of hydrogen-bond acceptors (Lipinski definition) is 18. The Morgan fingerprint density at radius 3 is 1.50 bits per heavy atom. The zero-order valence-electron chi connectivity index (χ0n) is 50.6. The van der Waals surface area contributed by atoms with Crippen molar-refractivity contribution < 1.29 is 102 Å². The molecule has 0 saturated carbocycles.